The van der Waals surface area contributed by atoms with Gasteiger partial charge in [-0.1, -0.05) is 126 Å². The molecule has 2 amide bonds. The van der Waals surface area contributed by atoms with Crippen LogP contribution in [0.25, 0.3) is 0 Å². The minimum Gasteiger partial charge on any atom is -0.478 e. The molecule has 6 N–H and O–H groups in total. The Kier molecular flexibility index (Phi) is 37.7. The second kappa shape index (κ2) is 41.0. The van der Waals surface area contributed by atoms with Crippen LogP contribution in [0.2, 0.25) is 0 Å². The number of carbonyl (C=O) groups excluding carboxylic acids is 6. The van der Waals surface area contributed by atoms with Crippen molar-refractivity contribution in [3.63, 3.8) is 0 Å². The molecule has 98 heavy (non-hydrogen) atoms. The van der Waals surface area contributed by atoms with E-state index in [2.05, 4.69) is 74.9 Å². The van der Waals surface area contributed by atoms with Crippen molar-refractivity contribution in [2.24, 2.45) is 32.5 Å². The molecule has 0 saturated carbocycles. The standard InChI is InChI=1S/C20H29NO5S.C19H29NO4S.C19H29NO3S.C18H29NO2S/c1-19(2,3)17(24)21-15(13-7-9-14(10-8-13)16(22)23)27-12-11-26-18(25)20(4,5)6;1-18(2,3)17(23)24-11-12-25-15(20-19(4,5)6)13-7-9-14(10-8-13)16(21)22;1-18(2,3)16(21)20-15(14-10-8-7-9-11-14)24-13-12-23-17(22)19(4,5)6;1-17(2,3)16(20)21-12-13-22-15(19-18(4,5)6)14-10-8-7-9-11-14/h7-10,15H,11-12H2,1-6H3,(H,21,24)(H,22,23);7-10,15,20H,11-12H2,1-6H3,(H,21,22);7-11,15H,12-13H2,1-6H3,(H,20,21);7-11,15,19H,12-13H2,1-6H3. The van der Waals surface area contributed by atoms with Gasteiger partial charge in [-0.3, -0.25) is 39.4 Å². The maximum Gasteiger partial charge on any atom is 0.335 e. The number of rotatable bonds is 26. The maximum atomic E-state index is 12.4. The van der Waals surface area contributed by atoms with Gasteiger partial charge in [-0.15, -0.1) is 47.0 Å². The van der Waals surface area contributed by atoms with Crippen molar-refractivity contribution >= 4 is 94.7 Å². The third-order valence-electron chi connectivity index (χ3n) is 13.0. The summed E-state index contributed by atoms with van der Waals surface area (Å²) < 4.78 is 21.2. The summed E-state index contributed by atoms with van der Waals surface area (Å²) in [5, 5.41) is 30.9. The Morgan fingerprint density at radius 2 is 0.531 bits per heavy atom. The number of benzene rings is 4. The minimum absolute atomic E-state index is 0.00413. The van der Waals surface area contributed by atoms with E-state index in [1.165, 1.54) is 29.5 Å². The number of nitrogens with one attached hydrogen (secondary N) is 4. The molecule has 0 spiro atoms. The Hall–Kier alpha value is -6.04. The van der Waals surface area contributed by atoms with Gasteiger partial charge in [0.2, 0.25) is 11.8 Å². The molecule has 0 aliphatic rings. The molecule has 0 aliphatic carbocycles. The summed E-state index contributed by atoms with van der Waals surface area (Å²) in [4.78, 5) is 93.9. The summed E-state index contributed by atoms with van der Waals surface area (Å²) in [6.07, 6.45) is 0. The fourth-order valence-electron chi connectivity index (χ4n) is 7.27. The zero-order chi connectivity index (χ0) is 75.3. The van der Waals surface area contributed by atoms with Gasteiger partial charge >= 0.3 is 35.8 Å². The van der Waals surface area contributed by atoms with Crippen molar-refractivity contribution in [1.29, 1.82) is 0 Å². The molecule has 0 radical (unpaired) electrons. The molecule has 0 aromatic heterocycles. The van der Waals surface area contributed by atoms with E-state index >= 15 is 0 Å². The lowest BCUT2D eigenvalue weighted by Gasteiger charge is -2.28. The van der Waals surface area contributed by atoms with Crippen molar-refractivity contribution in [2.45, 2.75) is 199 Å². The summed E-state index contributed by atoms with van der Waals surface area (Å²) in [7, 11) is 0. The molecule has 4 aromatic carbocycles. The number of thioether (sulfide) groups is 4. The molecule has 0 aliphatic heterocycles. The van der Waals surface area contributed by atoms with E-state index in [1.807, 2.05) is 165 Å². The van der Waals surface area contributed by atoms with E-state index in [0.29, 0.717) is 37.1 Å². The van der Waals surface area contributed by atoms with Crippen LogP contribution in [-0.4, -0.2) is 118 Å². The lowest BCUT2D eigenvalue weighted by molar-refractivity contribution is -0.152. The Morgan fingerprint density at radius 3 is 0.745 bits per heavy atom. The van der Waals surface area contributed by atoms with E-state index in [0.717, 1.165) is 22.4 Å². The molecule has 0 saturated heterocycles. The number of carboxylic acid groups (broad SMARTS) is 2. The number of hydrogen-bond donors (Lipinski definition) is 6. The topological polar surface area (TPSA) is 262 Å². The van der Waals surface area contributed by atoms with Crippen LogP contribution < -0.4 is 21.3 Å². The molecular formula is C76H116N4O14S4. The van der Waals surface area contributed by atoms with Gasteiger partial charge in [0, 0.05) is 44.9 Å². The predicted molar refractivity (Wildman–Crippen MR) is 403 cm³/mol. The zero-order valence-corrected chi connectivity index (χ0v) is 66.1. The second-order valence-electron chi connectivity index (χ2n) is 31.5. The van der Waals surface area contributed by atoms with Crippen molar-refractivity contribution < 1.29 is 67.5 Å². The van der Waals surface area contributed by atoms with Crippen LogP contribution in [0.1, 0.15) is 231 Å². The quantitative estimate of drug-likeness (QED) is 0.0148. The molecule has 18 nitrogen and oxygen atoms in total. The second-order valence-corrected chi connectivity index (χ2v) is 36.3. The van der Waals surface area contributed by atoms with Crippen molar-refractivity contribution in [1.82, 2.24) is 21.3 Å². The van der Waals surface area contributed by atoms with E-state index in [1.54, 1.807) is 80.3 Å². The van der Waals surface area contributed by atoms with Crippen molar-refractivity contribution in [3.8, 4) is 0 Å². The average molecular weight is 1440 g/mol. The molecular weight excluding hydrogens is 1320 g/mol. The van der Waals surface area contributed by atoms with E-state index in [4.69, 9.17) is 29.2 Å². The highest BCUT2D eigenvalue weighted by Crippen LogP contribution is 2.33. The Morgan fingerprint density at radius 1 is 0.316 bits per heavy atom. The van der Waals surface area contributed by atoms with Crippen LogP contribution in [0.5, 0.6) is 0 Å². The third kappa shape index (κ3) is 38.5. The van der Waals surface area contributed by atoms with Gasteiger partial charge in [0.1, 0.15) is 37.2 Å². The smallest absolute Gasteiger partial charge is 0.335 e. The summed E-state index contributed by atoms with van der Waals surface area (Å²) in [6.45, 7) is 47.1. The number of aromatic carboxylic acids is 2. The van der Waals surface area contributed by atoms with E-state index in [9.17, 15) is 38.4 Å². The van der Waals surface area contributed by atoms with Crippen LogP contribution in [0.15, 0.2) is 109 Å². The summed E-state index contributed by atoms with van der Waals surface area (Å²) in [6, 6.07) is 33.4. The lowest BCUT2D eigenvalue weighted by atomic mass is 9.95. The van der Waals surface area contributed by atoms with Crippen LogP contribution in [-0.2, 0) is 47.7 Å². The van der Waals surface area contributed by atoms with Gasteiger partial charge in [0.15, 0.2) is 0 Å². The highest BCUT2D eigenvalue weighted by atomic mass is 32.2. The molecule has 4 atom stereocenters. The van der Waals surface area contributed by atoms with Crippen molar-refractivity contribution in [2.75, 3.05) is 49.4 Å². The van der Waals surface area contributed by atoms with Gasteiger partial charge in [-0.05, 0) is 171 Å². The SMILES string of the molecule is CC(C)(C)C(=O)NC(SCCOC(=O)C(C)(C)C)c1ccc(C(=O)O)cc1.CC(C)(C)C(=O)NC(SCCOC(=O)C(C)(C)C)c1ccccc1.CC(C)(C)NC(SCCOC(=O)C(C)(C)C)c1ccc(C(=O)O)cc1.CC(C)(C)NC(SCCOC(=O)C(C)(C)C)c1ccccc1. The molecule has 0 fully saturated rings. The average Bonchev–Trinajstić information content (AvgIpc) is 0.877. The fourth-order valence-corrected chi connectivity index (χ4v) is 11.6. The first-order chi connectivity index (χ1) is 44.8. The predicted octanol–water partition coefficient (Wildman–Crippen LogP) is 16.5. The largest absolute Gasteiger partial charge is 0.478 e. The van der Waals surface area contributed by atoms with Crippen LogP contribution >= 0.6 is 47.0 Å². The van der Waals surface area contributed by atoms with Gasteiger partial charge in [0.25, 0.3) is 0 Å². The van der Waals surface area contributed by atoms with Crippen molar-refractivity contribution in [3.05, 3.63) is 143 Å². The molecule has 4 aromatic rings. The normalized spacial score (nSPS) is 13.3. The summed E-state index contributed by atoms with van der Waals surface area (Å²) in [5.41, 5.74) is 1.41. The number of amides is 2. The number of carboxylic acids is 2. The van der Waals surface area contributed by atoms with E-state index < -0.39 is 44.4 Å². The van der Waals surface area contributed by atoms with Gasteiger partial charge < -0.3 is 39.8 Å². The Labute approximate surface area is 603 Å². The highest BCUT2D eigenvalue weighted by Gasteiger charge is 2.30. The van der Waals surface area contributed by atoms with Gasteiger partial charge in [-0.25, -0.2) is 9.59 Å². The molecule has 4 rings (SSSR count). The number of hydrogen-bond acceptors (Lipinski definition) is 18. The van der Waals surface area contributed by atoms with Crippen LogP contribution in [0.3, 0.4) is 0 Å². The van der Waals surface area contributed by atoms with Gasteiger partial charge in [-0.2, -0.15) is 0 Å². The molecule has 0 heterocycles. The molecule has 0 bridgehead atoms. The summed E-state index contributed by atoms with van der Waals surface area (Å²) in [5.74, 6) is -0.365. The number of esters is 4. The number of carbonyl (C=O) groups is 8. The molecule has 4 unspecified atom stereocenters. The first kappa shape index (κ1) is 90.0. The summed E-state index contributed by atoms with van der Waals surface area (Å²) >= 11 is 6.39. The number of ether oxygens (including phenoxy) is 4. The highest BCUT2D eigenvalue weighted by molar-refractivity contribution is 8.00. The first-order valence-corrected chi connectivity index (χ1v) is 37.1. The molecule has 22 heteroatoms. The first-order valence-electron chi connectivity index (χ1n) is 32.9. The van der Waals surface area contributed by atoms with E-state index in [-0.39, 0.29) is 86.0 Å². The Balaban J connectivity index is 0.000000655. The lowest BCUT2D eigenvalue weighted by Crippen LogP contribution is -2.38. The maximum absolute atomic E-state index is 12.4. The zero-order valence-electron chi connectivity index (χ0n) is 62.8. The fraction of sp³-hybridized carbons (Fsp3) is 0.579. The van der Waals surface area contributed by atoms with Crippen LogP contribution in [0, 0.1) is 32.5 Å². The third-order valence-corrected chi connectivity index (χ3v) is 17.5. The minimum atomic E-state index is -1.00. The van der Waals surface area contributed by atoms with Gasteiger partial charge in [0.05, 0.1) is 43.5 Å². The monoisotopic (exact) mass is 1440 g/mol. The van der Waals surface area contributed by atoms with Crippen LogP contribution in [0.4, 0.5) is 0 Å². The Bertz CT molecular complexity index is 3090. The molecule has 548 valence electrons.